The first-order valence-electron chi connectivity index (χ1n) is 23.1. The summed E-state index contributed by atoms with van der Waals surface area (Å²) >= 11 is 1.46. The van der Waals surface area contributed by atoms with Crippen LogP contribution >= 0.6 is 0 Å². The Hall–Kier alpha value is -2.96. The number of rotatable bonds is 2. The maximum atomic E-state index is 3.85. The van der Waals surface area contributed by atoms with Gasteiger partial charge in [-0.3, -0.25) is 6.08 Å². The Bertz CT molecular complexity index is 2360. The van der Waals surface area contributed by atoms with Crippen LogP contribution in [0.15, 0.2) is 103 Å². The van der Waals surface area contributed by atoms with Gasteiger partial charge in [0.25, 0.3) is 0 Å². The summed E-state index contributed by atoms with van der Waals surface area (Å²) in [6, 6.07) is 36.6. The molecule has 0 aromatic heterocycles. The van der Waals surface area contributed by atoms with Crippen molar-refractivity contribution in [3.63, 3.8) is 0 Å². The molecule has 0 saturated heterocycles. The van der Waals surface area contributed by atoms with Crippen LogP contribution in [0.25, 0.3) is 22.3 Å². The molecule has 8 rings (SSSR count). The van der Waals surface area contributed by atoms with Crippen molar-refractivity contribution in [1.29, 1.82) is 0 Å². The SMILES string of the molecule is CC(C)(C)C1=[C-]C(C)(C)c2cc3c(cc21)-c1cc2c(cc1C3)C(C)(C)C=C2C(C)(C)C.CC(C)(C)c1cc[cH-]c1.CC(C)(C)c1ccc([C](=[Zr+2])c2ccc(C(C)(C)C)cc2)cc1.[Cl-].[Cl-]. The molecule has 64 heavy (non-hydrogen) atoms. The zero-order valence-electron chi connectivity index (χ0n) is 42.8. The predicted molar refractivity (Wildman–Crippen MR) is 269 cm³/mol. The molecule has 0 bridgehead atoms. The molecular formula is C61H76Cl2Zr-2. The van der Waals surface area contributed by atoms with Crippen molar-refractivity contribution in [2.75, 3.05) is 0 Å². The number of halogens is 2. The van der Waals surface area contributed by atoms with Gasteiger partial charge in [0.1, 0.15) is 0 Å². The average molecular weight is 971 g/mol. The molecule has 0 amide bonds. The van der Waals surface area contributed by atoms with Crippen LogP contribution in [-0.4, -0.2) is 3.21 Å². The molecule has 0 saturated carbocycles. The van der Waals surface area contributed by atoms with Crippen LogP contribution in [0.1, 0.15) is 193 Å². The fourth-order valence-corrected chi connectivity index (χ4v) is 10.1. The van der Waals surface area contributed by atoms with Gasteiger partial charge in [-0.1, -0.05) is 119 Å². The Morgan fingerprint density at radius 2 is 0.953 bits per heavy atom. The molecule has 0 aliphatic heterocycles. The first kappa shape index (κ1) is 53.7. The van der Waals surface area contributed by atoms with E-state index in [4.69, 9.17) is 0 Å². The first-order valence-corrected chi connectivity index (χ1v) is 24.3. The van der Waals surface area contributed by atoms with Gasteiger partial charge in [0.15, 0.2) is 0 Å². The zero-order valence-corrected chi connectivity index (χ0v) is 46.7. The number of hydrogen-bond donors (Lipinski definition) is 0. The van der Waals surface area contributed by atoms with Gasteiger partial charge < -0.3 is 24.8 Å². The van der Waals surface area contributed by atoms with E-state index in [2.05, 4.69) is 241 Å². The van der Waals surface area contributed by atoms with Crippen molar-refractivity contribution in [1.82, 2.24) is 0 Å². The topological polar surface area (TPSA) is 0 Å². The van der Waals surface area contributed by atoms with Gasteiger partial charge >= 0.3 is 151 Å². The molecule has 0 heterocycles. The van der Waals surface area contributed by atoms with E-state index in [1.807, 2.05) is 0 Å². The molecule has 0 N–H and O–H groups in total. The van der Waals surface area contributed by atoms with Crippen molar-refractivity contribution < 1.29 is 49.0 Å². The van der Waals surface area contributed by atoms with Gasteiger partial charge in [-0.25, -0.2) is 11.6 Å². The minimum absolute atomic E-state index is 0. The molecular weight excluding hydrogens is 895 g/mol. The maximum absolute atomic E-state index is 3.85. The minimum Gasteiger partial charge on any atom is -1.00 e. The summed E-state index contributed by atoms with van der Waals surface area (Å²) in [5.74, 6) is 0. The van der Waals surface area contributed by atoms with E-state index < -0.39 is 0 Å². The second-order valence-electron chi connectivity index (χ2n) is 24.6. The molecule has 0 fully saturated rings. The molecule has 0 nitrogen and oxygen atoms in total. The van der Waals surface area contributed by atoms with Crippen molar-refractivity contribution >= 4 is 14.4 Å². The van der Waals surface area contributed by atoms with Crippen LogP contribution in [0, 0.1) is 16.9 Å². The summed E-state index contributed by atoms with van der Waals surface area (Å²) in [6.45, 7) is 43.6. The Balaban J connectivity index is 0.000000237. The van der Waals surface area contributed by atoms with Crippen LogP contribution in [-0.2, 0) is 57.7 Å². The Morgan fingerprint density at radius 3 is 1.33 bits per heavy atom. The summed E-state index contributed by atoms with van der Waals surface area (Å²) in [4.78, 5) is 0. The maximum Gasteiger partial charge on any atom is -1.00 e. The second kappa shape index (κ2) is 18.6. The molecule has 0 atom stereocenters. The molecule has 340 valence electrons. The van der Waals surface area contributed by atoms with Crippen molar-refractivity contribution in [3.8, 4) is 11.1 Å². The summed E-state index contributed by atoms with van der Waals surface area (Å²) in [7, 11) is 0. The predicted octanol–water partition coefficient (Wildman–Crippen LogP) is 10.6. The third-order valence-electron chi connectivity index (χ3n) is 13.2. The number of fused-ring (bicyclic) bond motifs is 5. The van der Waals surface area contributed by atoms with Crippen molar-refractivity contribution in [2.45, 2.75) is 165 Å². The average Bonchev–Trinajstić information content (AvgIpc) is 3.93. The molecule has 3 aliphatic rings. The number of hydrogen-bond acceptors (Lipinski definition) is 0. The van der Waals surface area contributed by atoms with Crippen LogP contribution in [0.5, 0.6) is 0 Å². The quantitative estimate of drug-likeness (QED) is 0.152. The monoisotopic (exact) mass is 968 g/mol. The summed E-state index contributed by atoms with van der Waals surface area (Å²) in [5, 5.41) is 0. The summed E-state index contributed by atoms with van der Waals surface area (Å²) < 4.78 is 1.42. The van der Waals surface area contributed by atoms with Gasteiger partial charge in [-0.2, -0.15) is 29.3 Å². The number of allylic oxidation sites excluding steroid dienone is 4. The fourth-order valence-electron chi connectivity index (χ4n) is 9.26. The zero-order chi connectivity index (χ0) is 46.2. The van der Waals surface area contributed by atoms with Crippen LogP contribution in [0.2, 0.25) is 0 Å². The minimum atomic E-state index is -0.0202. The Labute approximate surface area is 417 Å². The third-order valence-corrected chi connectivity index (χ3v) is 14.6. The smallest absolute Gasteiger partial charge is 1.00 e. The Morgan fingerprint density at radius 1 is 0.516 bits per heavy atom. The van der Waals surface area contributed by atoms with Gasteiger partial charge in [0.05, 0.1) is 0 Å². The van der Waals surface area contributed by atoms with Crippen molar-refractivity contribution in [2.24, 2.45) is 10.8 Å². The standard InChI is InChI=1S/C31H37.C21H26.C9H13.2ClH.Zr/c1-28(2,3)26-16-30(7,8)24-12-18-11-19-13-25-23(15-21(19)20(18)14-22(24)26)27(29(4,5)6)17-31(25,9)10;1-20(2,3)18-11-7-16(8-12-18)15-17-9-13-19(14-10-17)21(4,5)6;1-9(2,3)8-6-4-5-7-8;;;/h12-16H,11H2,1-10H3;7-14H,1-6H3;4-7H,1-3H3;2*1H;/q-1;;-1;;;+2/p-2. The largest absolute Gasteiger partial charge is 1.00 e. The molecule has 3 aliphatic carbocycles. The molecule has 5 aromatic rings. The summed E-state index contributed by atoms with van der Waals surface area (Å²) in [6.07, 6.45) is 7.41. The Kier molecular flexibility index (Phi) is 15.6. The molecule has 0 spiro atoms. The second-order valence-corrected chi connectivity index (χ2v) is 25.9. The van der Waals surface area contributed by atoms with E-state index in [9.17, 15) is 0 Å². The number of benzene rings is 4. The molecule has 3 heteroatoms. The normalized spacial score (nSPS) is 15.6. The van der Waals surface area contributed by atoms with Gasteiger partial charge in [-0.05, 0) is 62.3 Å². The van der Waals surface area contributed by atoms with Crippen molar-refractivity contribution in [3.05, 3.63) is 170 Å². The summed E-state index contributed by atoms with van der Waals surface area (Å²) in [5.41, 5.74) is 22.5. The van der Waals surface area contributed by atoms with Crippen LogP contribution in [0.4, 0.5) is 0 Å². The molecule has 0 unspecified atom stereocenters. The van der Waals surface area contributed by atoms with Crippen LogP contribution in [0.3, 0.4) is 0 Å². The van der Waals surface area contributed by atoms with E-state index >= 15 is 0 Å². The fraction of sp³-hybridized carbons (Fsp3) is 0.443. The van der Waals surface area contributed by atoms with Crippen LogP contribution < -0.4 is 24.8 Å². The van der Waals surface area contributed by atoms with E-state index in [0.717, 1.165) is 6.42 Å². The first-order chi connectivity index (χ1) is 28.3. The third kappa shape index (κ3) is 11.4. The van der Waals surface area contributed by atoms with E-state index in [1.165, 1.54) is 111 Å². The van der Waals surface area contributed by atoms with Gasteiger partial charge in [-0.15, -0.1) is 11.6 Å². The molecule has 5 aromatic carbocycles. The van der Waals surface area contributed by atoms with E-state index in [-0.39, 0.29) is 57.3 Å². The van der Waals surface area contributed by atoms with E-state index in [0.29, 0.717) is 5.41 Å². The van der Waals surface area contributed by atoms with Gasteiger partial charge in [0.2, 0.25) is 0 Å². The van der Waals surface area contributed by atoms with E-state index in [1.54, 1.807) is 0 Å². The molecule has 0 radical (unpaired) electrons. The van der Waals surface area contributed by atoms with Gasteiger partial charge in [0, 0.05) is 5.41 Å².